The fourth-order valence-corrected chi connectivity index (χ4v) is 2.61. The van der Waals surface area contributed by atoms with E-state index in [0.29, 0.717) is 12.6 Å². The second-order valence-corrected chi connectivity index (χ2v) is 5.29. The summed E-state index contributed by atoms with van der Waals surface area (Å²) in [5.74, 6) is 0. The van der Waals surface area contributed by atoms with Crippen LogP contribution >= 0.6 is 11.3 Å². The number of aliphatic hydroxyl groups is 1. The predicted octanol–water partition coefficient (Wildman–Crippen LogP) is 3.29. The first-order valence-corrected chi connectivity index (χ1v) is 6.98. The summed E-state index contributed by atoms with van der Waals surface area (Å²) in [5.41, 5.74) is 0. The largest absolute Gasteiger partial charge is 0.396 e. The van der Waals surface area contributed by atoms with E-state index in [-0.39, 0.29) is 0 Å². The Balaban J connectivity index is 2.17. The maximum absolute atomic E-state index is 8.68. The minimum Gasteiger partial charge on any atom is -0.396 e. The van der Waals surface area contributed by atoms with Crippen molar-refractivity contribution in [2.45, 2.75) is 38.6 Å². The van der Waals surface area contributed by atoms with Crippen LogP contribution in [0.15, 0.2) is 17.5 Å². The average Bonchev–Trinajstić information content (AvgIpc) is 2.81. The van der Waals surface area contributed by atoms with Crippen molar-refractivity contribution in [2.75, 3.05) is 20.2 Å². The molecule has 1 heterocycles. The van der Waals surface area contributed by atoms with Gasteiger partial charge in [0.05, 0.1) is 0 Å². The zero-order valence-electron chi connectivity index (χ0n) is 10.4. The highest BCUT2D eigenvalue weighted by Crippen LogP contribution is 2.23. The summed E-state index contributed by atoms with van der Waals surface area (Å²) in [5, 5.41) is 10.8. The van der Waals surface area contributed by atoms with Gasteiger partial charge in [-0.15, -0.1) is 11.3 Å². The van der Waals surface area contributed by atoms with Gasteiger partial charge >= 0.3 is 0 Å². The number of hydrogen-bond acceptors (Lipinski definition) is 3. The van der Waals surface area contributed by atoms with Crippen molar-refractivity contribution in [1.29, 1.82) is 0 Å². The second kappa shape index (κ2) is 7.82. The van der Waals surface area contributed by atoms with Gasteiger partial charge in [0.1, 0.15) is 0 Å². The van der Waals surface area contributed by atoms with Gasteiger partial charge in [0.2, 0.25) is 0 Å². The van der Waals surface area contributed by atoms with Crippen molar-refractivity contribution in [3.05, 3.63) is 22.4 Å². The lowest BCUT2D eigenvalue weighted by Gasteiger charge is -2.23. The highest BCUT2D eigenvalue weighted by atomic mass is 32.1. The van der Waals surface area contributed by atoms with E-state index < -0.39 is 0 Å². The van der Waals surface area contributed by atoms with Crippen LogP contribution < -0.4 is 0 Å². The van der Waals surface area contributed by atoms with Crippen molar-refractivity contribution >= 4 is 11.3 Å². The van der Waals surface area contributed by atoms with Gasteiger partial charge in [-0.1, -0.05) is 18.9 Å². The van der Waals surface area contributed by atoms with E-state index >= 15 is 0 Å². The fourth-order valence-electron chi connectivity index (χ4n) is 1.77. The second-order valence-electron chi connectivity index (χ2n) is 4.31. The van der Waals surface area contributed by atoms with Gasteiger partial charge in [0, 0.05) is 17.5 Å². The number of aliphatic hydroxyl groups excluding tert-OH is 1. The Morgan fingerprint density at radius 3 is 2.69 bits per heavy atom. The lowest BCUT2D eigenvalue weighted by molar-refractivity contribution is 0.252. The van der Waals surface area contributed by atoms with Gasteiger partial charge in [-0.05, 0) is 44.8 Å². The van der Waals surface area contributed by atoms with E-state index in [0.717, 1.165) is 19.4 Å². The van der Waals surface area contributed by atoms with E-state index in [1.807, 2.05) is 11.3 Å². The molecule has 1 N–H and O–H groups in total. The van der Waals surface area contributed by atoms with Crippen LogP contribution in [0, 0.1) is 0 Å². The van der Waals surface area contributed by atoms with Crippen LogP contribution in [-0.2, 0) is 0 Å². The number of hydrogen-bond donors (Lipinski definition) is 1. The molecule has 2 nitrogen and oxygen atoms in total. The summed E-state index contributed by atoms with van der Waals surface area (Å²) in [6.45, 7) is 3.74. The molecule has 0 spiro atoms. The topological polar surface area (TPSA) is 23.5 Å². The van der Waals surface area contributed by atoms with E-state index in [9.17, 15) is 0 Å². The molecule has 1 atom stereocenters. The molecule has 0 aliphatic rings. The van der Waals surface area contributed by atoms with Crippen LogP contribution in [0.5, 0.6) is 0 Å². The molecule has 1 unspecified atom stereocenters. The quantitative estimate of drug-likeness (QED) is 0.706. The summed E-state index contributed by atoms with van der Waals surface area (Å²) in [4.78, 5) is 3.85. The van der Waals surface area contributed by atoms with Crippen LogP contribution in [0.3, 0.4) is 0 Å². The Hall–Kier alpha value is -0.380. The average molecular weight is 241 g/mol. The van der Waals surface area contributed by atoms with Gasteiger partial charge in [-0.3, -0.25) is 4.90 Å². The predicted molar refractivity (Wildman–Crippen MR) is 70.9 cm³/mol. The molecule has 0 saturated carbocycles. The Morgan fingerprint density at radius 1 is 1.31 bits per heavy atom. The smallest absolute Gasteiger partial charge is 0.0431 e. The maximum atomic E-state index is 8.68. The summed E-state index contributed by atoms with van der Waals surface area (Å²) >= 11 is 1.83. The molecule has 0 bridgehead atoms. The van der Waals surface area contributed by atoms with Crippen molar-refractivity contribution in [3.8, 4) is 0 Å². The van der Waals surface area contributed by atoms with Crippen LogP contribution in [0.25, 0.3) is 0 Å². The fraction of sp³-hybridized carbons (Fsp3) is 0.692. The standard InChI is InChI=1S/C13H23NOS/c1-12(13-8-7-11-16-13)14(2)9-5-3-4-6-10-15/h7-8,11-12,15H,3-6,9-10H2,1-2H3. The molecular formula is C13H23NOS. The van der Waals surface area contributed by atoms with Crippen LogP contribution in [0.1, 0.15) is 43.5 Å². The molecule has 92 valence electrons. The minimum absolute atomic E-state index is 0.335. The molecule has 1 aromatic rings. The molecule has 3 heteroatoms. The summed E-state index contributed by atoms with van der Waals surface area (Å²) in [6.07, 6.45) is 4.55. The molecule has 1 rings (SSSR count). The van der Waals surface area contributed by atoms with Crippen molar-refractivity contribution in [1.82, 2.24) is 4.90 Å². The van der Waals surface area contributed by atoms with Crippen LogP contribution in [-0.4, -0.2) is 30.2 Å². The first-order chi connectivity index (χ1) is 7.75. The molecule has 0 saturated heterocycles. The Bertz CT molecular complexity index is 261. The molecule has 0 aromatic carbocycles. The van der Waals surface area contributed by atoms with Crippen LogP contribution in [0.4, 0.5) is 0 Å². The van der Waals surface area contributed by atoms with Crippen LogP contribution in [0.2, 0.25) is 0 Å². The molecule has 16 heavy (non-hydrogen) atoms. The minimum atomic E-state index is 0.335. The van der Waals surface area contributed by atoms with Gasteiger partial charge in [-0.25, -0.2) is 0 Å². The van der Waals surface area contributed by atoms with Gasteiger partial charge in [0.25, 0.3) is 0 Å². The lowest BCUT2D eigenvalue weighted by atomic mass is 10.1. The maximum Gasteiger partial charge on any atom is 0.0431 e. The molecule has 0 aliphatic heterocycles. The highest BCUT2D eigenvalue weighted by molar-refractivity contribution is 7.10. The van der Waals surface area contributed by atoms with Crippen molar-refractivity contribution < 1.29 is 5.11 Å². The Kier molecular flexibility index (Phi) is 6.69. The molecular weight excluding hydrogens is 218 g/mol. The Morgan fingerprint density at radius 2 is 2.06 bits per heavy atom. The third kappa shape index (κ3) is 4.64. The van der Waals surface area contributed by atoms with Crippen molar-refractivity contribution in [2.24, 2.45) is 0 Å². The van der Waals surface area contributed by atoms with Gasteiger partial charge in [-0.2, -0.15) is 0 Å². The zero-order chi connectivity index (χ0) is 11.8. The number of rotatable bonds is 8. The van der Waals surface area contributed by atoms with E-state index in [1.165, 1.54) is 17.7 Å². The molecule has 0 radical (unpaired) electrons. The third-order valence-corrected chi connectivity index (χ3v) is 4.08. The number of unbranched alkanes of at least 4 members (excludes halogenated alkanes) is 3. The summed E-state index contributed by atoms with van der Waals surface area (Å²) in [7, 11) is 2.19. The molecule has 0 amide bonds. The zero-order valence-corrected chi connectivity index (χ0v) is 11.2. The SMILES string of the molecule is CC(c1cccs1)N(C)CCCCCCO. The monoisotopic (exact) mass is 241 g/mol. The molecule has 0 fully saturated rings. The summed E-state index contributed by atoms with van der Waals surface area (Å²) < 4.78 is 0. The number of nitrogens with zero attached hydrogens (tertiary/aromatic N) is 1. The van der Waals surface area contributed by atoms with E-state index in [4.69, 9.17) is 5.11 Å². The first kappa shape index (κ1) is 13.7. The highest BCUT2D eigenvalue weighted by Gasteiger charge is 2.11. The summed E-state index contributed by atoms with van der Waals surface area (Å²) in [6, 6.07) is 4.85. The lowest BCUT2D eigenvalue weighted by Crippen LogP contribution is -2.22. The Labute approximate surface area is 103 Å². The van der Waals surface area contributed by atoms with Crippen molar-refractivity contribution in [3.63, 3.8) is 0 Å². The molecule has 1 aromatic heterocycles. The van der Waals surface area contributed by atoms with E-state index in [2.05, 4.69) is 36.4 Å². The van der Waals surface area contributed by atoms with Gasteiger partial charge in [0.15, 0.2) is 0 Å². The normalized spacial score (nSPS) is 13.2. The first-order valence-electron chi connectivity index (χ1n) is 6.10. The molecule has 0 aliphatic carbocycles. The third-order valence-electron chi connectivity index (χ3n) is 3.04. The number of thiophene rings is 1. The van der Waals surface area contributed by atoms with E-state index in [1.54, 1.807) is 0 Å². The van der Waals surface area contributed by atoms with Gasteiger partial charge < -0.3 is 5.11 Å².